The average molecular weight is 466 g/mol. The predicted octanol–water partition coefficient (Wildman–Crippen LogP) is 3.11. The van der Waals surface area contributed by atoms with Crippen molar-refractivity contribution in [3.05, 3.63) is 22.4 Å². The number of nitrogens with zero attached hydrogens (tertiary/aromatic N) is 1. The second kappa shape index (κ2) is 10.2. The lowest BCUT2D eigenvalue weighted by molar-refractivity contribution is -0.121. The molecule has 7 heteroatoms. The second-order valence-electron chi connectivity index (χ2n) is 7.21. The van der Waals surface area contributed by atoms with Gasteiger partial charge in [-0.15, -0.1) is 35.3 Å². The van der Waals surface area contributed by atoms with Gasteiger partial charge in [0.05, 0.1) is 0 Å². The van der Waals surface area contributed by atoms with Crippen molar-refractivity contribution in [3.63, 3.8) is 0 Å². The molecule has 0 spiro atoms. The van der Waals surface area contributed by atoms with Crippen LogP contribution in [0.5, 0.6) is 0 Å². The van der Waals surface area contributed by atoms with Crippen LogP contribution >= 0.6 is 35.3 Å². The Balaban J connectivity index is 0.00000529. The summed E-state index contributed by atoms with van der Waals surface area (Å²) in [4.78, 5) is 17.6. The quantitative estimate of drug-likeness (QED) is 0.343. The van der Waals surface area contributed by atoms with Crippen molar-refractivity contribution in [2.45, 2.75) is 52.5 Å². The number of thiophene rings is 1. The molecule has 0 atom stereocenters. The number of carbonyl (C=O) groups is 1. The van der Waals surface area contributed by atoms with Crippen LogP contribution in [0.15, 0.2) is 22.5 Å². The molecule has 1 heterocycles. The van der Waals surface area contributed by atoms with E-state index in [1.165, 1.54) is 4.88 Å². The van der Waals surface area contributed by atoms with Gasteiger partial charge in [-0.1, -0.05) is 19.9 Å². The van der Waals surface area contributed by atoms with Crippen LogP contribution in [0.2, 0.25) is 0 Å². The van der Waals surface area contributed by atoms with Crippen molar-refractivity contribution in [3.8, 4) is 0 Å². The molecule has 0 aliphatic rings. The van der Waals surface area contributed by atoms with Crippen LogP contribution < -0.4 is 16.0 Å². The van der Waals surface area contributed by atoms with Crippen molar-refractivity contribution in [2.24, 2.45) is 4.99 Å². The zero-order valence-corrected chi connectivity index (χ0v) is 18.7. The number of rotatable bonds is 6. The molecule has 0 aliphatic heterocycles. The van der Waals surface area contributed by atoms with E-state index in [1.54, 1.807) is 11.3 Å². The Hall–Kier alpha value is -0.830. The third-order valence-electron chi connectivity index (χ3n) is 3.13. The van der Waals surface area contributed by atoms with Gasteiger partial charge in [-0.3, -0.25) is 4.79 Å². The number of amides is 1. The van der Waals surface area contributed by atoms with Gasteiger partial charge in [0.25, 0.3) is 0 Å². The molecule has 0 radical (unpaired) electrons. The highest BCUT2D eigenvalue weighted by Gasteiger charge is 2.22. The summed E-state index contributed by atoms with van der Waals surface area (Å²) in [6, 6.07) is 4.21. The first-order valence-corrected chi connectivity index (χ1v) is 8.89. The minimum atomic E-state index is -0.237. The molecule has 1 aromatic rings. The van der Waals surface area contributed by atoms with Crippen molar-refractivity contribution < 1.29 is 4.79 Å². The number of carbonyl (C=O) groups excluding carboxylic acids is 1. The number of guanidine groups is 1. The smallest absolute Gasteiger partial charge is 0.242 e. The van der Waals surface area contributed by atoms with E-state index in [-0.39, 0.29) is 47.4 Å². The van der Waals surface area contributed by atoms with Crippen LogP contribution in [0, 0.1) is 0 Å². The Bertz CT molecular complexity index is 521. The van der Waals surface area contributed by atoms with Crippen molar-refractivity contribution >= 4 is 47.2 Å². The summed E-state index contributed by atoms with van der Waals surface area (Å²) in [7, 11) is 0. The third-order valence-corrected chi connectivity index (χ3v) is 4.36. The molecule has 0 aromatic carbocycles. The molecule has 1 rings (SSSR count). The number of hydrogen-bond donors (Lipinski definition) is 3. The van der Waals surface area contributed by atoms with Gasteiger partial charge in [0, 0.05) is 28.9 Å². The van der Waals surface area contributed by atoms with Crippen molar-refractivity contribution in [2.75, 3.05) is 19.6 Å². The van der Waals surface area contributed by atoms with Gasteiger partial charge in [0.2, 0.25) is 5.91 Å². The van der Waals surface area contributed by atoms with Crippen LogP contribution in [-0.2, 0) is 10.2 Å². The summed E-state index contributed by atoms with van der Waals surface area (Å²) in [5, 5.41) is 11.5. The molecule has 24 heavy (non-hydrogen) atoms. The molecule has 0 saturated heterocycles. The fraction of sp³-hybridized carbons (Fsp3) is 0.647. The van der Waals surface area contributed by atoms with E-state index in [4.69, 9.17) is 0 Å². The van der Waals surface area contributed by atoms with Crippen LogP contribution in [0.4, 0.5) is 0 Å². The topological polar surface area (TPSA) is 65.5 Å². The summed E-state index contributed by atoms with van der Waals surface area (Å²) in [5.74, 6) is 0.591. The van der Waals surface area contributed by atoms with Crippen LogP contribution in [0.3, 0.4) is 0 Å². The van der Waals surface area contributed by atoms with Gasteiger partial charge < -0.3 is 16.0 Å². The summed E-state index contributed by atoms with van der Waals surface area (Å²) < 4.78 is 0. The third kappa shape index (κ3) is 8.86. The Morgan fingerprint density at radius 2 is 1.88 bits per heavy atom. The Labute approximate surface area is 167 Å². The van der Waals surface area contributed by atoms with Gasteiger partial charge in [-0.05, 0) is 39.1 Å². The van der Waals surface area contributed by atoms with E-state index in [0.717, 1.165) is 13.1 Å². The zero-order chi connectivity index (χ0) is 17.5. The lowest BCUT2D eigenvalue weighted by Gasteiger charge is -2.25. The monoisotopic (exact) mass is 466 g/mol. The average Bonchev–Trinajstić information content (AvgIpc) is 2.95. The standard InChI is InChI=1S/C17H30N4OS.HI/c1-7-18-15(19-11-14(22)21-16(2,3)4)20-12-17(5,6)13-9-8-10-23-13;/h8-10H,7,11-12H2,1-6H3,(H,21,22)(H2,18,19,20);1H. The molecule has 0 unspecified atom stereocenters. The first-order valence-electron chi connectivity index (χ1n) is 8.01. The van der Waals surface area contributed by atoms with Crippen LogP contribution in [-0.4, -0.2) is 37.0 Å². The lowest BCUT2D eigenvalue weighted by atomic mass is 9.91. The van der Waals surface area contributed by atoms with E-state index in [9.17, 15) is 4.79 Å². The molecule has 1 amide bonds. The normalized spacial score (nSPS) is 12.3. The van der Waals surface area contributed by atoms with Crippen LogP contribution in [0.1, 0.15) is 46.4 Å². The van der Waals surface area contributed by atoms with E-state index in [0.29, 0.717) is 5.96 Å². The molecule has 0 fully saturated rings. The maximum atomic E-state index is 11.9. The Kier molecular flexibility index (Phi) is 9.87. The molecule has 0 bridgehead atoms. The predicted molar refractivity (Wildman–Crippen MR) is 115 cm³/mol. The Morgan fingerprint density at radius 3 is 2.38 bits per heavy atom. The van der Waals surface area contributed by atoms with Gasteiger partial charge in [0.15, 0.2) is 5.96 Å². The maximum absolute atomic E-state index is 11.9. The number of nitrogens with one attached hydrogen (secondary N) is 3. The minimum absolute atomic E-state index is 0. The number of aliphatic imine (C=N–C) groups is 1. The second-order valence-corrected chi connectivity index (χ2v) is 8.16. The van der Waals surface area contributed by atoms with Crippen molar-refractivity contribution in [1.82, 2.24) is 16.0 Å². The van der Waals surface area contributed by atoms with E-state index < -0.39 is 0 Å². The first-order chi connectivity index (χ1) is 10.6. The summed E-state index contributed by atoms with van der Waals surface area (Å²) >= 11 is 1.76. The fourth-order valence-corrected chi connectivity index (χ4v) is 2.86. The van der Waals surface area contributed by atoms with E-state index >= 15 is 0 Å². The molecular weight excluding hydrogens is 435 g/mol. The van der Waals surface area contributed by atoms with E-state index in [1.807, 2.05) is 27.7 Å². The molecule has 138 valence electrons. The van der Waals surface area contributed by atoms with Gasteiger partial charge >= 0.3 is 0 Å². The van der Waals surface area contributed by atoms with Gasteiger partial charge in [0.1, 0.15) is 6.54 Å². The molecule has 3 N–H and O–H groups in total. The summed E-state index contributed by atoms with van der Waals surface area (Å²) in [6.07, 6.45) is 0. The van der Waals surface area contributed by atoms with Gasteiger partial charge in [-0.25, -0.2) is 4.99 Å². The van der Waals surface area contributed by atoms with Crippen molar-refractivity contribution in [1.29, 1.82) is 0 Å². The summed E-state index contributed by atoms with van der Waals surface area (Å²) in [6.45, 7) is 13.9. The van der Waals surface area contributed by atoms with Crippen LogP contribution in [0.25, 0.3) is 0 Å². The number of halogens is 1. The SMILES string of the molecule is CCNC(=NCC(=O)NC(C)(C)C)NCC(C)(C)c1cccs1.I. The summed E-state index contributed by atoms with van der Waals surface area (Å²) in [5.41, 5.74) is -0.225. The zero-order valence-electron chi connectivity index (χ0n) is 15.5. The molecule has 1 aromatic heterocycles. The Morgan fingerprint density at radius 1 is 1.21 bits per heavy atom. The largest absolute Gasteiger partial charge is 0.357 e. The first kappa shape index (κ1) is 23.2. The maximum Gasteiger partial charge on any atom is 0.242 e. The molecular formula is C17H31IN4OS. The number of hydrogen-bond acceptors (Lipinski definition) is 3. The highest BCUT2D eigenvalue weighted by atomic mass is 127. The minimum Gasteiger partial charge on any atom is -0.357 e. The lowest BCUT2D eigenvalue weighted by Crippen LogP contribution is -2.45. The molecule has 0 aliphatic carbocycles. The molecule has 5 nitrogen and oxygen atoms in total. The van der Waals surface area contributed by atoms with Gasteiger partial charge in [-0.2, -0.15) is 0 Å². The molecule has 0 saturated carbocycles. The van der Waals surface area contributed by atoms with E-state index in [2.05, 4.69) is 52.3 Å². The highest BCUT2D eigenvalue weighted by molar-refractivity contribution is 14.0. The fourth-order valence-electron chi connectivity index (χ4n) is 2.01. The highest BCUT2D eigenvalue weighted by Crippen LogP contribution is 2.26.